The molecule has 1 rings (SSSR count). The Balaban J connectivity index is 2.83. The molecule has 1 saturated heterocycles. The molecule has 6 heteroatoms. The van der Waals surface area contributed by atoms with Gasteiger partial charge in [0.1, 0.15) is 0 Å². The maximum absolute atomic E-state index is 11.7. The van der Waals surface area contributed by atoms with Gasteiger partial charge in [0.2, 0.25) is 5.91 Å². The van der Waals surface area contributed by atoms with E-state index >= 15 is 0 Å². The molecule has 0 bridgehead atoms. The highest BCUT2D eigenvalue weighted by molar-refractivity contribution is 5.81. The third kappa shape index (κ3) is 3.20. The first-order valence-corrected chi connectivity index (χ1v) is 6.30. The molecule has 1 aliphatic rings. The fourth-order valence-electron chi connectivity index (χ4n) is 2.37. The van der Waals surface area contributed by atoms with Crippen LogP contribution < -0.4 is 5.32 Å². The van der Waals surface area contributed by atoms with Gasteiger partial charge in [-0.25, -0.2) is 0 Å². The Labute approximate surface area is 107 Å². The summed E-state index contributed by atoms with van der Waals surface area (Å²) in [6, 6.07) is -0.571. The standard InChI is InChI=1S/C12H22N2O4/c1-4-5-14(8(2)11(15)13-3)10-7-18-6-9(10)12(16)17/h8-10H,4-7H2,1-3H3,(H,13,15)(H,16,17). The van der Waals surface area contributed by atoms with E-state index < -0.39 is 11.9 Å². The van der Waals surface area contributed by atoms with Crippen molar-refractivity contribution in [2.24, 2.45) is 5.92 Å². The normalized spacial score (nSPS) is 25.1. The number of carbonyl (C=O) groups is 2. The number of likely N-dealkylation sites (N-methyl/N-ethyl adjacent to an activating group) is 1. The summed E-state index contributed by atoms with van der Waals surface area (Å²) in [5.41, 5.74) is 0. The van der Waals surface area contributed by atoms with E-state index in [0.29, 0.717) is 13.2 Å². The van der Waals surface area contributed by atoms with E-state index in [1.807, 2.05) is 11.8 Å². The molecule has 0 aromatic rings. The number of carbonyl (C=O) groups excluding carboxylic acids is 1. The number of carboxylic acid groups (broad SMARTS) is 1. The molecule has 0 spiro atoms. The van der Waals surface area contributed by atoms with Gasteiger partial charge in [-0.1, -0.05) is 6.92 Å². The number of ether oxygens (including phenoxy) is 1. The Morgan fingerprint density at radius 2 is 2.17 bits per heavy atom. The van der Waals surface area contributed by atoms with E-state index in [9.17, 15) is 14.7 Å². The molecule has 0 aromatic carbocycles. The lowest BCUT2D eigenvalue weighted by Gasteiger charge is -2.34. The number of aliphatic carboxylic acids is 1. The zero-order valence-corrected chi connectivity index (χ0v) is 11.2. The Morgan fingerprint density at radius 1 is 1.50 bits per heavy atom. The molecule has 1 aliphatic heterocycles. The number of nitrogens with zero attached hydrogens (tertiary/aromatic N) is 1. The van der Waals surface area contributed by atoms with E-state index in [1.165, 1.54) is 0 Å². The number of carboxylic acids is 1. The van der Waals surface area contributed by atoms with Crippen molar-refractivity contribution in [3.05, 3.63) is 0 Å². The molecular weight excluding hydrogens is 236 g/mol. The van der Waals surface area contributed by atoms with Crippen LogP contribution in [0.15, 0.2) is 0 Å². The minimum absolute atomic E-state index is 0.0977. The van der Waals surface area contributed by atoms with Crippen LogP contribution in [0.25, 0.3) is 0 Å². The topological polar surface area (TPSA) is 78.9 Å². The number of amides is 1. The summed E-state index contributed by atoms with van der Waals surface area (Å²) in [7, 11) is 1.59. The van der Waals surface area contributed by atoms with Crippen LogP contribution in [0.4, 0.5) is 0 Å². The number of hydrogen-bond donors (Lipinski definition) is 2. The zero-order chi connectivity index (χ0) is 13.7. The molecule has 3 atom stereocenters. The van der Waals surface area contributed by atoms with Gasteiger partial charge in [-0.15, -0.1) is 0 Å². The fourth-order valence-corrected chi connectivity index (χ4v) is 2.37. The molecule has 0 aliphatic carbocycles. The van der Waals surface area contributed by atoms with Crippen LogP contribution in [0, 0.1) is 5.92 Å². The van der Waals surface area contributed by atoms with Crippen LogP contribution in [-0.2, 0) is 14.3 Å². The first-order chi connectivity index (χ1) is 8.52. The second-order valence-electron chi connectivity index (χ2n) is 4.58. The number of nitrogens with one attached hydrogen (secondary N) is 1. The smallest absolute Gasteiger partial charge is 0.310 e. The molecule has 104 valence electrons. The lowest BCUT2D eigenvalue weighted by Crippen LogP contribution is -2.53. The van der Waals surface area contributed by atoms with Gasteiger partial charge in [0.25, 0.3) is 0 Å². The molecule has 1 heterocycles. The highest BCUT2D eigenvalue weighted by Crippen LogP contribution is 2.22. The van der Waals surface area contributed by atoms with Crippen molar-refractivity contribution in [1.29, 1.82) is 0 Å². The predicted octanol–water partition coefficient (Wildman–Crippen LogP) is -0.0675. The van der Waals surface area contributed by atoms with Gasteiger partial charge < -0.3 is 15.2 Å². The van der Waals surface area contributed by atoms with Crippen LogP contribution >= 0.6 is 0 Å². The van der Waals surface area contributed by atoms with E-state index in [-0.39, 0.29) is 24.6 Å². The van der Waals surface area contributed by atoms with Gasteiger partial charge in [0.05, 0.1) is 25.2 Å². The van der Waals surface area contributed by atoms with Crippen molar-refractivity contribution in [1.82, 2.24) is 10.2 Å². The lowest BCUT2D eigenvalue weighted by molar-refractivity contribution is -0.144. The summed E-state index contributed by atoms with van der Waals surface area (Å²) >= 11 is 0. The van der Waals surface area contributed by atoms with Gasteiger partial charge >= 0.3 is 5.97 Å². The Kier molecular flexibility index (Phi) is 5.55. The summed E-state index contributed by atoms with van der Waals surface area (Å²) < 4.78 is 5.27. The largest absolute Gasteiger partial charge is 0.481 e. The molecule has 6 nitrogen and oxygen atoms in total. The van der Waals surface area contributed by atoms with E-state index in [1.54, 1.807) is 14.0 Å². The Hall–Kier alpha value is -1.14. The van der Waals surface area contributed by atoms with Crippen molar-refractivity contribution < 1.29 is 19.4 Å². The minimum atomic E-state index is -0.859. The van der Waals surface area contributed by atoms with Gasteiger partial charge in [0, 0.05) is 13.1 Å². The van der Waals surface area contributed by atoms with Crippen LogP contribution in [0.1, 0.15) is 20.3 Å². The van der Waals surface area contributed by atoms with Crippen LogP contribution in [0.5, 0.6) is 0 Å². The van der Waals surface area contributed by atoms with E-state index in [0.717, 1.165) is 6.42 Å². The lowest BCUT2D eigenvalue weighted by atomic mass is 10.00. The molecule has 3 unspecified atom stereocenters. The molecular formula is C12H22N2O4. The zero-order valence-electron chi connectivity index (χ0n) is 11.2. The molecule has 1 amide bonds. The van der Waals surface area contributed by atoms with Gasteiger partial charge in [0.15, 0.2) is 0 Å². The minimum Gasteiger partial charge on any atom is -0.481 e. The molecule has 18 heavy (non-hydrogen) atoms. The van der Waals surface area contributed by atoms with E-state index in [2.05, 4.69) is 5.32 Å². The van der Waals surface area contributed by atoms with Gasteiger partial charge in [-0.2, -0.15) is 0 Å². The first kappa shape index (κ1) is 14.9. The molecule has 0 radical (unpaired) electrons. The average Bonchev–Trinajstić information content (AvgIpc) is 2.83. The van der Waals surface area contributed by atoms with Crippen LogP contribution in [0.3, 0.4) is 0 Å². The summed E-state index contributed by atoms with van der Waals surface area (Å²) in [4.78, 5) is 24.8. The second kappa shape index (κ2) is 6.70. The highest BCUT2D eigenvalue weighted by atomic mass is 16.5. The van der Waals surface area contributed by atoms with Gasteiger partial charge in [-0.05, 0) is 19.9 Å². The van der Waals surface area contributed by atoms with Crippen molar-refractivity contribution in [3.8, 4) is 0 Å². The summed E-state index contributed by atoms with van der Waals surface area (Å²) in [6.07, 6.45) is 0.865. The Morgan fingerprint density at radius 3 is 2.67 bits per heavy atom. The SMILES string of the molecule is CCCN(C(C)C(=O)NC)C1COCC1C(=O)O. The fraction of sp³-hybridized carbons (Fsp3) is 0.833. The second-order valence-corrected chi connectivity index (χ2v) is 4.58. The summed E-state index contributed by atoms with van der Waals surface area (Å²) in [5, 5.41) is 11.8. The van der Waals surface area contributed by atoms with Crippen LogP contribution in [-0.4, -0.2) is 60.8 Å². The average molecular weight is 258 g/mol. The van der Waals surface area contributed by atoms with Gasteiger partial charge in [-0.3, -0.25) is 14.5 Å². The summed E-state index contributed by atoms with van der Waals surface area (Å²) in [5.74, 6) is -1.51. The van der Waals surface area contributed by atoms with Crippen LogP contribution in [0.2, 0.25) is 0 Å². The van der Waals surface area contributed by atoms with Crippen molar-refractivity contribution >= 4 is 11.9 Å². The predicted molar refractivity (Wildman–Crippen MR) is 66.3 cm³/mol. The molecule has 2 N–H and O–H groups in total. The Bertz CT molecular complexity index is 308. The molecule has 0 aromatic heterocycles. The highest BCUT2D eigenvalue weighted by Gasteiger charge is 2.40. The number of hydrogen-bond acceptors (Lipinski definition) is 4. The van der Waals surface area contributed by atoms with Crippen molar-refractivity contribution in [3.63, 3.8) is 0 Å². The maximum atomic E-state index is 11.7. The first-order valence-electron chi connectivity index (χ1n) is 6.30. The third-order valence-corrected chi connectivity index (χ3v) is 3.40. The third-order valence-electron chi connectivity index (χ3n) is 3.40. The summed E-state index contributed by atoms with van der Waals surface area (Å²) in [6.45, 7) is 5.09. The van der Waals surface area contributed by atoms with Crippen molar-refractivity contribution in [2.45, 2.75) is 32.4 Å². The molecule has 0 saturated carbocycles. The van der Waals surface area contributed by atoms with Crippen molar-refractivity contribution in [2.75, 3.05) is 26.8 Å². The quantitative estimate of drug-likeness (QED) is 0.697. The molecule has 1 fully saturated rings. The maximum Gasteiger partial charge on any atom is 0.310 e. The van der Waals surface area contributed by atoms with E-state index in [4.69, 9.17) is 4.74 Å². The monoisotopic (exact) mass is 258 g/mol. The number of rotatable bonds is 6.